The number of benzene rings is 10. The Morgan fingerprint density at radius 3 is 1.14 bits per heavy atom. The Labute approximate surface area is 334 Å². The van der Waals surface area contributed by atoms with E-state index in [-0.39, 0.29) is 0 Å². The van der Waals surface area contributed by atoms with Crippen LogP contribution < -0.4 is 9.80 Å². The molecule has 0 aliphatic heterocycles. The van der Waals surface area contributed by atoms with Crippen LogP contribution in [0.15, 0.2) is 191 Å². The molecular weight excluding hydrogens is 709 g/mol. The first-order valence-electron chi connectivity index (χ1n) is 19.8. The van der Waals surface area contributed by atoms with E-state index in [2.05, 4.69) is 194 Å². The highest BCUT2D eigenvalue weighted by Gasteiger charge is 2.25. The van der Waals surface area contributed by atoms with Crippen LogP contribution in [0.1, 0.15) is 11.1 Å². The number of para-hydroxylation sites is 2. The van der Waals surface area contributed by atoms with Crippen molar-refractivity contribution < 1.29 is 8.83 Å². The van der Waals surface area contributed by atoms with Crippen molar-refractivity contribution in [3.05, 3.63) is 193 Å². The lowest BCUT2D eigenvalue weighted by molar-refractivity contribution is 0.668. The van der Waals surface area contributed by atoms with Crippen molar-refractivity contribution >= 4 is 110 Å². The normalized spacial score (nSPS) is 12.0. The maximum Gasteiger partial charge on any atom is 0.137 e. The zero-order chi connectivity index (χ0) is 38.5. The summed E-state index contributed by atoms with van der Waals surface area (Å²) in [5.41, 5.74) is 12.5. The molecular formula is C54H36N2O2. The summed E-state index contributed by atoms with van der Waals surface area (Å²) in [4.78, 5) is 4.83. The van der Waals surface area contributed by atoms with Crippen LogP contribution in [0.3, 0.4) is 0 Å². The molecule has 0 aliphatic carbocycles. The highest BCUT2D eigenvalue weighted by atomic mass is 16.3. The summed E-state index contributed by atoms with van der Waals surface area (Å²) in [6, 6.07) is 65.5. The minimum absolute atomic E-state index is 0.870. The molecule has 0 atom stereocenters. The fraction of sp³-hybridized carbons (Fsp3) is 0.0370. The van der Waals surface area contributed by atoms with Crippen molar-refractivity contribution in [2.75, 3.05) is 9.80 Å². The van der Waals surface area contributed by atoms with Gasteiger partial charge in [-0.05, 0) is 108 Å². The van der Waals surface area contributed by atoms with Crippen LogP contribution in [-0.2, 0) is 0 Å². The molecule has 2 aromatic heterocycles. The number of furan rings is 2. The summed E-state index contributed by atoms with van der Waals surface area (Å²) in [6.45, 7) is 4.28. The smallest absolute Gasteiger partial charge is 0.137 e. The fourth-order valence-electron chi connectivity index (χ4n) is 9.25. The molecule has 10 aromatic carbocycles. The van der Waals surface area contributed by atoms with E-state index in [0.29, 0.717) is 0 Å². The van der Waals surface area contributed by atoms with Crippen molar-refractivity contribution in [2.24, 2.45) is 0 Å². The largest absolute Gasteiger partial charge is 0.456 e. The molecule has 0 amide bonds. The van der Waals surface area contributed by atoms with Crippen LogP contribution in [0.5, 0.6) is 0 Å². The minimum atomic E-state index is 0.870. The van der Waals surface area contributed by atoms with Gasteiger partial charge in [0.1, 0.15) is 22.3 Å². The van der Waals surface area contributed by atoms with Gasteiger partial charge < -0.3 is 18.6 Å². The van der Waals surface area contributed by atoms with E-state index in [9.17, 15) is 0 Å². The number of nitrogens with zero attached hydrogens (tertiary/aromatic N) is 2. The van der Waals surface area contributed by atoms with Crippen LogP contribution >= 0.6 is 0 Å². The Hall–Kier alpha value is -7.56. The second-order valence-corrected chi connectivity index (χ2v) is 15.4. The molecule has 12 aromatic rings. The summed E-state index contributed by atoms with van der Waals surface area (Å²) >= 11 is 0. The quantitative estimate of drug-likeness (QED) is 0.159. The Balaban J connectivity index is 1.15. The molecule has 274 valence electrons. The number of hydrogen-bond acceptors (Lipinski definition) is 4. The predicted molar refractivity (Wildman–Crippen MR) is 244 cm³/mol. The van der Waals surface area contributed by atoms with E-state index < -0.39 is 0 Å². The average Bonchev–Trinajstić information content (AvgIpc) is 3.84. The van der Waals surface area contributed by atoms with Gasteiger partial charge in [0.2, 0.25) is 0 Å². The van der Waals surface area contributed by atoms with Gasteiger partial charge in [0.05, 0.1) is 33.5 Å². The first-order chi connectivity index (χ1) is 28.6. The Bertz CT molecular complexity index is 3300. The van der Waals surface area contributed by atoms with Crippen LogP contribution in [0.4, 0.5) is 34.1 Å². The maximum atomic E-state index is 6.44. The molecule has 58 heavy (non-hydrogen) atoms. The van der Waals surface area contributed by atoms with Crippen LogP contribution in [-0.4, -0.2) is 0 Å². The van der Waals surface area contributed by atoms with Gasteiger partial charge in [-0.2, -0.15) is 0 Å². The van der Waals surface area contributed by atoms with E-state index in [1.807, 2.05) is 12.1 Å². The van der Waals surface area contributed by atoms with E-state index in [0.717, 1.165) is 78.0 Å². The van der Waals surface area contributed by atoms with Gasteiger partial charge >= 0.3 is 0 Å². The third-order valence-electron chi connectivity index (χ3n) is 11.9. The molecule has 0 saturated carbocycles. The lowest BCUT2D eigenvalue weighted by Gasteiger charge is -2.30. The molecule has 12 rings (SSSR count). The first kappa shape index (κ1) is 32.7. The first-order valence-corrected chi connectivity index (χ1v) is 19.8. The molecule has 0 spiro atoms. The van der Waals surface area contributed by atoms with Crippen LogP contribution in [0.25, 0.3) is 76.2 Å². The summed E-state index contributed by atoms with van der Waals surface area (Å²) in [6.07, 6.45) is 0. The lowest BCUT2D eigenvalue weighted by Crippen LogP contribution is -2.12. The van der Waals surface area contributed by atoms with Crippen molar-refractivity contribution in [3.63, 3.8) is 0 Å². The van der Waals surface area contributed by atoms with E-state index in [4.69, 9.17) is 8.83 Å². The lowest BCUT2D eigenvalue weighted by atomic mass is 9.91. The summed E-state index contributed by atoms with van der Waals surface area (Å²) in [5, 5.41) is 11.7. The van der Waals surface area contributed by atoms with Crippen molar-refractivity contribution in [1.82, 2.24) is 0 Å². The van der Waals surface area contributed by atoms with Crippen molar-refractivity contribution in [3.8, 4) is 0 Å². The van der Waals surface area contributed by atoms with Gasteiger partial charge in [0.25, 0.3) is 0 Å². The van der Waals surface area contributed by atoms with Gasteiger partial charge in [-0.15, -0.1) is 0 Å². The molecule has 0 unspecified atom stereocenters. The molecule has 0 saturated heterocycles. The standard InChI is InChI=1S/C54H36N2O2/c1-33-17-25-37(26-18-33)55(45-11-7-15-49-53(45)41-9-3-5-13-47(41)57-49)43-31-23-35-22-30-40-44(32-24-36-21-29-39(43)51(35)52(36)40)56(38-27-19-34(2)20-28-38)46-12-8-16-50-54(46)42-10-4-6-14-48(42)58-50/h3-32H,1-2H3. The number of rotatable bonds is 6. The van der Waals surface area contributed by atoms with Gasteiger partial charge in [-0.3, -0.25) is 0 Å². The molecule has 2 heterocycles. The molecule has 0 bridgehead atoms. The van der Waals surface area contributed by atoms with E-state index in [1.165, 1.54) is 43.4 Å². The zero-order valence-corrected chi connectivity index (χ0v) is 32.0. The van der Waals surface area contributed by atoms with Gasteiger partial charge in [0.15, 0.2) is 0 Å². The monoisotopic (exact) mass is 744 g/mol. The van der Waals surface area contributed by atoms with Crippen molar-refractivity contribution in [2.45, 2.75) is 13.8 Å². The number of aryl methyl sites for hydroxylation is 2. The Morgan fingerprint density at radius 2 is 0.690 bits per heavy atom. The third-order valence-corrected chi connectivity index (χ3v) is 11.9. The highest BCUT2D eigenvalue weighted by Crippen LogP contribution is 2.50. The summed E-state index contributed by atoms with van der Waals surface area (Å²) < 4.78 is 12.9. The van der Waals surface area contributed by atoms with Crippen molar-refractivity contribution in [1.29, 1.82) is 0 Å². The second kappa shape index (κ2) is 12.5. The predicted octanol–water partition coefficient (Wildman–Crippen LogP) is 15.9. The van der Waals surface area contributed by atoms with Gasteiger partial charge in [-0.25, -0.2) is 0 Å². The zero-order valence-electron chi connectivity index (χ0n) is 32.0. The van der Waals surface area contributed by atoms with Gasteiger partial charge in [-0.1, -0.05) is 120 Å². The van der Waals surface area contributed by atoms with Gasteiger partial charge in [0, 0.05) is 32.9 Å². The Kier molecular flexibility index (Phi) is 7.02. The molecule has 0 fully saturated rings. The van der Waals surface area contributed by atoms with E-state index in [1.54, 1.807) is 0 Å². The fourth-order valence-corrected chi connectivity index (χ4v) is 9.25. The summed E-state index contributed by atoms with van der Waals surface area (Å²) in [7, 11) is 0. The number of anilines is 6. The summed E-state index contributed by atoms with van der Waals surface area (Å²) in [5.74, 6) is 0. The molecule has 0 N–H and O–H groups in total. The minimum Gasteiger partial charge on any atom is -0.456 e. The van der Waals surface area contributed by atoms with Crippen LogP contribution in [0, 0.1) is 13.8 Å². The molecule has 4 nitrogen and oxygen atoms in total. The molecule has 0 aliphatic rings. The van der Waals surface area contributed by atoms with Crippen LogP contribution in [0.2, 0.25) is 0 Å². The maximum absolute atomic E-state index is 6.44. The number of hydrogen-bond donors (Lipinski definition) is 0. The second-order valence-electron chi connectivity index (χ2n) is 15.4. The molecule has 0 radical (unpaired) electrons. The Morgan fingerprint density at radius 1 is 0.293 bits per heavy atom. The average molecular weight is 745 g/mol. The third kappa shape index (κ3) is 4.82. The SMILES string of the molecule is Cc1ccc(N(c2ccc3ccc4c(N(c5ccc(C)cc5)c5cccc6oc7ccccc7c56)ccc5ccc2c3c54)c2cccc3oc4ccccc4c23)cc1. The topological polar surface area (TPSA) is 32.8 Å². The van der Waals surface area contributed by atoms with E-state index >= 15 is 0 Å². The molecule has 4 heteroatoms. The number of fused-ring (bicyclic) bond motifs is 6. The highest BCUT2D eigenvalue weighted by molar-refractivity contribution is 6.29.